The van der Waals surface area contributed by atoms with E-state index in [0.29, 0.717) is 17.7 Å². The molecule has 0 spiro atoms. The smallest absolute Gasteiger partial charge is 0.228 e. The van der Waals surface area contributed by atoms with E-state index in [2.05, 4.69) is 13.8 Å². The van der Waals surface area contributed by atoms with Crippen molar-refractivity contribution < 1.29 is 14.3 Å². The summed E-state index contributed by atoms with van der Waals surface area (Å²) in [6.07, 6.45) is 7.61. The van der Waals surface area contributed by atoms with Gasteiger partial charge < -0.3 is 14.5 Å². The summed E-state index contributed by atoms with van der Waals surface area (Å²) in [5, 5.41) is 0. The van der Waals surface area contributed by atoms with E-state index in [-0.39, 0.29) is 23.5 Å². The molecule has 154 valence electrons. The largest absolute Gasteiger partial charge is 0.371 e. The monoisotopic (exact) mass is 378 g/mol. The quantitative estimate of drug-likeness (QED) is 0.711. The second-order valence-electron chi connectivity index (χ2n) is 9.66. The van der Waals surface area contributed by atoms with E-state index in [1.807, 2.05) is 23.6 Å². The summed E-state index contributed by atoms with van der Waals surface area (Å²) in [5.74, 6) is 1.88. The third-order valence-electron chi connectivity index (χ3n) is 7.25. The van der Waals surface area contributed by atoms with Crippen LogP contribution in [0.1, 0.15) is 72.6 Å². The molecule has 0 aromatic rings. The molecule has 27 heavy (non-hydrogen) atoms. The van der Waals surface area contributed by atoms with Gasteiger partial charge in [-0.3, -0.25) is 9.59 Å². The molecule has 2 heterocycles. The van der Waals surface area contributed by atoms with E-state index in [1.165, 1.54) is 19.3 Å². The van der Waals surface area contributed by atoms with Crippen LogP contribution in [-0.4, -0.2) is 60.0 Å². The lowest BCUT2D eigenvalue weighted by Gasteiger charge is -2.43. The van der Waals surface area contributed by atoms with Crippen molar-refractivity contribution in [2.24, 2.45) is 17.3 Å². The van der Waals surface area contributed by atoms with Crippen LogP contribution in [0.15, 0.2) is 0 Å². The molecule has 0 aromatic carbocycles. The summed E-state index contributed by atoms with van der Waals surface area (Å²) >= 11 is 0. The molecular formula is C22H38N2O3. The van der Waals surface area contributed by atoms with Crippen LogP contribution in [0.4, 0.5) is 0 Å². The van der Waals surface area contributed by atoms with Gasteiger partial charge in [-0.25, -0.2) is 0 Å². The van der Waals surface area contributed by atoms with Crippen molar-refractivity contribution in [2.75, 3.05) is 26.2 Å². The molecule has 0 radical (unpaired) electrons. The second-order valence-corrected chi connectivity index (χ2v) is 9.66. The van der Waals surface area contributed by atoms with Gasteiger partial charge in [-0.2, -0.15) is 0 Å². The molecule has 5 heteroatoms. The summed E-state index contributed by atoms with van der Waals surface area (Å²) in [7, 11) is 0. The number of carbonyl (C=O) groups is 2. The highest BCUT2D eigenvalue weighted by Gasteiger charge is 2.37. The minimum Gasteiger partial charge on any atom is -0.371 e. The Hall–Kier alpha value is -1.10. The first-order valence-corrected chi connectivity index (χ1v) is 11.0. The molecule has 0 aromatic heterocycles. The van der Waals surface area contributed by atoms with Crippen LogP contribution in [0.2, 0.25) is 0 Å². The number of hydrogen-bond acceptors (Lipinski definition) is 3. The Kier molecular flexibility index (Phi) is 6.50. The maximum absolute atomic E-state index is 12.6. The van der Waals surface area contributed by atoms with Crippen molar-refractivity contribution in [2.45, 2.75) is 84.8 Å². The molecule has 0 bridgehead atoms. The summed E-state index contributed by atoms with van der Waals surface area (Å²) < 4.78 is 6.21. The second kappa shape index (κ2) is 8.50. The fourth-order valence-electron chi connectivity index (χ4n) is 4.65. The molecule has 1 aliphatic carbocycles. The maximum Gasteiger partial charge on any atom is 0.228 e. The number of ether oxygens (including phenoxy) is 1. The van der Waals surface area contributed by atoms with Gasteiger partial charge in [-0.05, 0) is 37.5 Å². The fourth-order valence-corrected chi connectivity index (χ4v) is 4.65. The first-order chi connectivity index (χ1) is 12.8. The van der Waals surface area contributed by atoms with Gasteiger partial charge in [0.2, 0.25) is 11.8 Å². The van der Waals surface area contributed by atoms with Crippen molar-refractivity contribution in [1.82, 2.24) is 9.80 Å². The highest BCUT2D eigenvalue weighted by molar-refractivity contribution is 5.82. The van der Waals surface area contributed by atoms with Gasteiger partial charge in [0.05, 0.1) is 12.2 Å². The summed E-state index contributed by atoms with van der Waals surface area (Å²) in [6, 6.07) is 0. The number of likely N-dealkylation sites (tertiary alicyclic amines) is 2. The molecule has 1 saturated carbocycles. The van der Waals surface area contributed by atoms with Crippen LogP contribution in [0.25, 0.3) is 0 Å². The number of rotatable bonds is 6. The lowest BCUT2D eigenvalue weighted by Crippen LogP contribution is -2.57. The normalized spacial score (nSPS) is 27.7. The standard InChI is InChI=1S/C22H38N2O3/c1-5-22(3,4)21(26)23-11-9-18(10-12-23)27-19-14-24(15-19)20(25)13-17-8-6-7-16(17)2/h16-19H,5-15H2,1-4H3. The zero-order valence-corrected chi connectivity index (χ0v) is 17.7. The molecule has 3 rings (SSSR count). The molecule has 2 saturated heterocycles. The molecule has 2 aliphatic heterocycles. The zero-order chi connectivity index (χ0) is 19.6. The number of carbonyl (C=O) groups excluding carboxylic acids is 2. The van der Waals surface area contributed by atoms with Crippen molar-refractivity contribution >= 4 is 11.8 Å². The number of nitrogens with zero attached hydrogens (tertiary/aromatic N) is 2. The first-order valence-electron chi connectivity index (χ1n) is 11.0. The number of amides is 2. The van der Waals surface area contributed by atoms with Crippen LogP contribution in [0.5, 0.6) is 0 Å². The third-order valence-corrected chi connectivity index (χ3v) is 7.25. The Bertz CT molecular complexity index is 534. The van der Waals surface area contributed by atoms with Gasteiger partial charge in [-0.1, -0.05) is 40.5 Å². The van der Waals surface area contributed by atoms with Gasteiger partial charge in [0, 0.05) is 38.0 Å². The van der Waals surface area contributed by atoms with Crippen molar-refractivity contribution in [3.8, 4) is 0 Å². The Morgan fingerprint density at radius 1 is 1.00 bits per heavy atom. The molecule has 2 amide bonds. The van der Waals surface area contributed by atoms with Crippen molar-refractivity contribution in [1.29, 1.82) is 0 Å². The molecular weight excluding hydrogens is 340 g/mol. The molecule has 3 aliphatic rings. The summed E-state index contributed by atoms with van der Waals surface area (Å²) in [5.41, 5.74) is -0.265. The average molecular weight is 379 g/mol. The van der Waals surface area contributed by atoms with E-state index < -0.39 is 0 Å². The Morgan fingerprint density at radius 3 is 2.22 bits per heavy atom. The van der Waals surface area contributed by atoms with Gasteiger partial charge in [0.25, 0.3) is 0 Å². The summed E-state index contributed by atoms with van der Waals surface area (Å²) in [6.45, 7) is 11.5. The SMILES string of the molecule is CCC(C)(C)C(=O)N1CCC(OC2CN(C(=O)CC3CCCC3C)C2)CC1. The molecule has 2 atom stereocenters. The zero-order valence-electron chi connectivity index (χ0n) is 17.7. The highest BCUT2D eigenvalue weighted by atomic mass is 16.5. The minimum absolute atomic E-state index is 0.189. The van der Waals surface area contributed by atoms with Gasteiger partial charge in [0.1, 0.15) is 0 Å². The molecule has 3 fully saturated rings. The van der Waals surface area contributed by atoms with Crippen LogP contribution in [0, 0.1) is 17.3 Å². The number of hydrogen-bond donors (Lipinski definition) is 0. The first kappa shape index (κ1) is 20.6. The highest BCUT2D eigenvalue weighted by Crippen LogP contribution is 2.34. The molecule has 5 nitrogen and oxygen atoms in total. The molecule has 2 unspecified atom stereocenters. The van der Waals surface area contributed by atoms with E-state index >= 15 is 0 Å². The van der Waals surface area contributed by atoms with E-state index in [4.69, 9.17) is 4.74 Å². The van der Waals surface area contributed by atoms with Crippen molar-refractivity contribution in [3.63, 3.8) is 0 Å². The predicted octanol–water partition coefficient (Wildman–Crippen LogP) is 3.47. The van der Waals surface area contributed by atoms with Crippen LogP contribution in [-0.2, 0) is 14.3 Å². The van der Waals surface area contributed by atoms with E-state index in [9.17, 15) is 9.59 Å². The lowest BCUT2D eigenvalue weighted by molar-refractivity contribution is -0.156. The maximum atomic E-state index is 12.6. The van der Waals surface area contributed by atoms with Crippen molar-refractivity contribution in [3.05, 3.63) is 0 Å². The predicted molar refractivity (Wildman–Crippen MR) is 106 cm³/mol. The van der Waals surface area contributed by atoms with E-state index in [0.717, 1.165) is 51.9 Å². The summed E-state index contributed by atoms with van der Waals surface area (Å²) in [4.78, 5) is 29.0. The van der Waals surface area contributed by atoms with Crippen LogP contribution in [0.3, 0.4) is 0 Å². The topological polar surface area (TPSA) is 49.9 Å². The average Bonchev–Trinajstić information content (AvgIpc) is 3.02. The van der Waals surface area contributed by atoms with E-state index in [1.54, 1.807) is 0 Å². The van der Waals surface area contributed by atoms with Gasteiger partial charge in [-0.15, -0.1) is 0 Å². The fraction of sp³-hybridized carbons (Fsp3) is 0.909. The Morgan fingerprint density at radius 2 is 1.67 bits per heavy atom. The lowest BCUT2D eigenvalue weighted by atomic mass is 9.87. The molecule has 0 N–H and O–H groups in total. The third kappa shape index (κ3) is 4.85. The van der Waals surface area contributed by atoms with Gasteiger partial charge >= 0.3 is 0 Å². The van der Waals surface area contributed by atoms with Crippen LogP contribution < -0.4 is 0 Å². The van der Waals surface area contributed by atoms with Gasteiger partial charge in [0.15, 0.2) is 0 Å². The Labute approximate surface area is 164 Å². The minimum atomic E-state index is -0.265. The number of piperidine rings is 1. The van der Waals surface area contributed by atoms with Crippen LogP contribution >= 0.6 is 0 Å². The Balaban J connectivity index is 1.34.